The van der Waals surface area contributed by atoms with Gasteiger partial charge in [-0.15, -0.1) is 0 Å². The van der Waals surface area contributed by atoms with Gasteiger partial charge in [-0.05, 0) is 29.2 Å². The first-order chi connectivity index (χ1) is 10.4. The molecular formula is C18H19N3O. The van der Waals surface area contributed by atoms with Crippen LogP contribution in [-0.2, 0) is 5.41 Å². The molecule has 0 aliphatic carbocycles. The SMILES string of the molecule is CC(C)(C)c1ccc(-n2ncc3cccc(N)c3c2=O)cc1. The maximum absolute atomic E-state index is 12.7. The number of benzene rings is 2. The second kappa shape index (κ2) is 4.98. The summed E-state index contributed by atoms with van der Waals surface area (Å²) < 4.78 is 1.39. The van der Waals surface area contributed by atoms with E-state index >= 15 is 0 Å². The van der Waals surface area contributed by atoms with Crippen molar-refractivity contribution in [2.24, 2.45) is 0 Å². The molecule has 0 radical (unpaired) electrons. The van der Waals surface area contributed by atoms with E-state index in [1.165, 1.54) is 10.2 Å². The fraction of sp³-hybridized carbons (Fsp3) is 0.222. The van der Waals surface area contributed by atoms with E-state index in [4.69, 9.17) is 5.73 Å². The van der Waals surface area contributed by atoms with E-state index in [-0.39, 0.29) is 11.0 Å². The molecule has 0 atom stereocenters. The van der Waals surface area contributed by atoms with Crippen molar-refractivity contribution in [3.8, 4) is 5.69 Å². The zero-order chi connectivity index (χ0) is 15.9. The smallest absolute Gasteiger partial charge is 0.281 e. The van der Waals surface area contributed by atoms with Crippen LogP contribution in [0, 0.1) is 0 Å². The molecule has 0 saturated heterocycles. The average Bonchev–Trinajstić information content (AvgIpc) is 2.47. The standard InChI is InChI=1S/C18H19N3O/c1-18(2,3)13-7-9-14(10-8-13)21-17(22)16-12(11-20-21)5-4-6-15(16)19/h4-11H,19H2,1-3H3. The quantitative estimate of drug-likeness (QED) is 0.700. The van der Waals surface area contributed by atoms with Gasteiger partial charge in [0.25, 0.3) is 5.56 Å². The van der Waals surface area contributed by atoms with Gasteiger partial charge in [-0.2, -0.15) is 9.78 Å². The van der Waals surface area contributed by atoms with E-state index in [1.54, 1.807) is 12.3 Å². The molecule has 2 aromatic carbocycles. The van der Waals surface area contributed by atoms with Crippen molar-refractivity contribution in [1.29, 1.82) is 0 Å². The molecule has 0 aliphatic rings. The zero-order valence-corrected chi connectivity index (χ0v) is 13.0. The highest BCUT2D eigenvalue weighted by Crippen LogP contribution is 2.23. The number of fused-ring (bicyclic) bond motifs is 1. The molecule has 22 heavy (non-hydrogen) atoms. The predicted molar refractivity (Wildman–Crippen MR) is 90.5 cm³/mol. The summed E-state index contributed by atoms with van der Waals surface area (Å²) in [4.78, 5) is 12.7. The van der Waals surface area contributed by atoms with Crippen molar-refractivity contribution >= 4 is 16.5 Å². The third-order valence-electron chi connectivity index (χ3n) is 3.83. The summed E-state index contributed by atoms with van der Waals surface area (Å²) in [6, 6.07) is 13.3. The summed E-state index contributed by atoms with van der Waals surface area (Å²) in [7, 11) is 0. The highest BCUT2D eigenvalue weighted by molar-refractivity contribution is 5.91. The van der Waals surface area contributed by atoms with Gasteiger partial charge in [-0.1, -0.05) is 45.0 Å². The van der Waals surface area contributed by atoms with Crippen LogP contribution < -0.4 is 11.3 Å². The van der Waals surface area contributed by atoms with Gasteiger partial charge >= 0.3 is 0 Å². The van der Waals surface area contributed by atoms with E-state index in [2.05, 4.69) is 25.9 Å². The molecular weight excluding hydrogens is 274 g/mol. The monoisotopic (exact) mass is 293 g/mol. The van der Waals surface area contributed by atoms with Gasteiger partial charge in [0, 0.05) is 11.1 Å². The van der Waals surface area contributed by atoms with Gasteiger partial charge in [0.1, 0.15) is 0 Å². The second-order valence-electron chi connectivity index (χ2n) is 6.47. The molecule has 1 heterocycles. The number of hydrogen-bond acceptors (Lipinski definition) is 3. The van der Waals surface area contributed by atoms with Crippen LogP contribution >= 0.6 is 0 Å². The molecule has 0 unspecified atom stereocenters. The Kier molecular flexibility index (Phi) is 3.24. The molecule has 4 heteroatoms. The molecule has 0 spiro atoms. The molecule has 3 aromatic rings. The molecule has 0 bridgehead atoms. The Labute approximate surface area is 129 Å². The Morgan fingerprint density at radius 1 is 1.05 bits per heavy atom. The average molecular weight is 293 g/mol. The summed E-state index contributed by atoms with van der Waals surface area (Å²) in [5, 5.41) is 5.53. The molecule has 0 saturated carbocycles. The lowest BCUT2D eigenvalue weighted by atomic mass is 9.87. The van der Waals surface area contributed by atoms with E-state index in [1.807, 2.05) is 36.4 Å². The van der Waals surface area contributed by atoms with Crippen LogP contribution in [0.2, 0.25) is 0 Å². The first kappa shape index (κ1) is 14.3. The van der Waals surface area contributed by atoms with Crippen LogP contribution in [0.1, 0.15) is 26.3 Å². The Hall–Kier alpha value is -2.62. The lowest BCUT2D eigenvalue weighted by Crippen LogP contribution is -2.22. The van der Waals surface area contributed by atoms with Gasteiger partial charge in [0.05, 0.1) is 17.3 Å². The summed E-state index contributed by atoms with van der Waals surface area (Å²) in [6.07, 6.45) is 1.67. The minimum Gasteiger partial charge on any atom is -0.398 e. The molecule has 112 valence electrons. The van der Waals surface area contributed by atoms with Crippen LogP contribution in [0.4, 0.5) is 5.69 Å². The lowest BCUT2D eigenvalue weighted by molar-refractivity contribution is 0.590. The van der Waals surface area contributed by atoms with Gasteiger partial charge in [-0.25, -0.2) is 0 Å². The van der Waals surface area contributed by atoms with Crippen LogP contribution in [0.25, 0.3) is 16.5 Å². The molecule has 3 rings (SSSR count). The van der Waals surface area contributed by atoms with Gasteiger partial charge in [-0.3, -0.25) is 4.79 Å². The van der Waals surface area contributed by atoms with Crippen molar-refractivity contribution in [2.75, 3.05) is 5.73 Å². The number of nitrogens with two attached hydrogens (primary N) is 1. The molecule has 0 fully saturated rings. The number of hydrogen-bond donors (Lipinski definition) is 1. The Balaban J connectivity index is 2.17. The maximum Gasteiger partial charge on any atom is 0.281 e. The van der Waals surface area contributed by atoms with Crippen LogP contribution in [0.15, 0.2) is 53.5 Å². The van der Waals surface area contributed by atoms with Crippen LogP contribution in [0.5, 0.6) is 0 Å². The van der Waals surface area contributed by atoms with Crippen LogP contribution in [-0.4, -0.2) is 9.78 Å². The van der Waals surface area contributed by atoms with Crippen LogP contribution in [0.3, 0.4) is 0 Å². The molecule has 2 N–H and O–H groups in total. The Morgan fingerprint density at radius 2 is 1.73 bits per heavy atom. The topological polar surface area (TPSA) is 60.9 Å². The lowest BCUT2D eigenvalue weighted by Gasteiger charge is -2.19. The summed E-state index contributed by atoms with van der Waals surface area (Å²) in [5.74, 6) is 0. The molecule has 1 aromatic heterocycles. The minimum absolute atomic E-state index is 0.0741. The third kappa shape index (κ3) is 2.37. The van der Waals surface area contributed by atoms with Gasteiger partial charge in [0.2, 0.25) is 0 Å². The largest absolute Gasteiger partial charge is 0.398 e. The number of aromatic nitrogens is 2. The van der Waals surface area contributed by atoms with E-state index in [0.717, 1.165) is 11.1 Å². The fourth-order valence-electron chi connectivity index (χ4n) is 2.51. The number of nitrogen functional groups attached to an aromatic ring is 1. The van der Waals surface area contributed by atoms with Gasteiger partial charge in [0.15, 0.2) is 0 Å². The van der Waals surface area contributed by atoms with Crippen molar-refractivity contribution in [1.82, 2.24) is 9.78 Å². The third-order valence-corrected chi connectivity index (χ3v) is 3.83. The summed E-state index contributed by atoms with van der Waals surface area (Å²) >= 11 is 0. The highest BCUT2D eigenvalue weighted by atomic mass is 16.1. The number of rotatable bonds is 1. The highest BCUT2D eigenvalue weighted by Gasteiger charge is 2.14. The Bertz CT molecular complexity index is 887. The normalized spacial score (nSPS) is 11.8. The predicted octanol–water partition coefficient (Wildman–Crippen LogP) is 3.27. The summed E-state index contributed by atoms with van der Waals surface area (Å²) in [5.41, 5.74) is 8.25. The van der Waals surface area contributed by atoms with Crippen molar-refractivity contribution in [2.45, 2.75) is 26.2 Å². The maximum atomic E-state index is 12.7. The van der Waals surface area contributed by atoms with Crippen molar-refractivity contribution in [3.05, 3.63) is 64.6 Å². The number of nitrogens with zero attached hydrogens (tertiary/aromatic N) is 2. The summed E-state index contributed by atoms with van der Waals surface area (Å²) in [6.45, 7) is 6.47. The van der Waals surface area contributed by atoms with Crippen molar-refractivity contribution < 1.29 is 0 Å². The van der Waals surface area contributed by atoms with E-state index in [9.17, 15) is 4.79 Å². The Morgan fingerprint density at radius 3 is 2.36 bits per heavy atom. The molecule has 0 aliphatic heterocycles. The number of anilines is 1. The van der Waals surface area contributed by atoms with E-state index < -0.39 is 0 Å². The zero-order valence-electron chi connectivity index (χ0n) is 13.0. The van der Waals surface area contributed by atoms with Crippen molar-refractivity contribution in [3.63, 3.8) is 0 Å². The van der Waals surface area contributed by atoms with Gasteiger partial charge < -0.3 is 5.73 Å². The first-order valence-electron chi connectivity index (χ1n) is 7.25. The molecule has 4 nitrogen and oxygen atoms in total. The molecule has 0 amide bonds. The first-order valence-corrected chi connectivity index (χ1v) is 7.25. The second-order valence-corrected chi connectivity index (χ2v) is 6.47. The van der Waals surface area contributed by atoms with E-state index in [0.29, 0.717) is 11.1 Å². The minimum atomic E-state index is -0.195. The fourth-order valence-corrected chi connectivity index (χ4v) is 2.51.